The van der Waals surface area contributed by atoms with Crippen LogP contribution in [0.4, 0.5) is 0 Å². The molecule has 1 heterocycles. The van der Waals surface area contributed by atoms with E-state index in [1.807, 2.05) is 6.92 Å². The number of Topliss-reactive ketones (excluding diaryl/α,β-unsaturated/α-hetero) is 1. The van der Waals surface area contributed by atoms with Gasteiger partial charge in [0.2, 0.25) is 0 Å². The minimum absolute atomic E-state index is 0.179. The maximum absolute atomic E-state index is 12.1. The third kappa shape index (κ3) is 1.87. The molecule has 0 saturated heterocycles. The number of rotatable bonds is 2. The SMILES string of the molecule is C/C(NC(=O)c1ccccn1)=C1\C(=O)C[C@@H]2[C@H]1C2(C)C. The Hall–Kier alpha value is -1.97. The first-order valence-electron chi connectivity index (χ1n) is 6.89. The molecule has 1 N–H and O–H groups in total. The third-order valence-corrected chi connectivity index (χ3v) is 4.67. The second-order valence-corrected chi connectivity index (χ2v) is 6.24. The summed E-state index contributed by atoms with van der Waals surface area (Å²) in [6, 6.07) is 5.19. The molecular weight excluding hydrogens is 252 g/mol. The first-order valence-corrected chi connectivity index (χ1v) is 6.89. The Morgan fingerprint density at radius 2 is 2.15 bits per heavy atom. The summed E-state index contributed by atoms with van der Waals surface area (Å²) in [5.41, 5.74) is 2.05. The van der Waals surface area contributed by atoms with E-state index in [0.717, 1.165) is 5.57 Å². The zero-order valence-corrected chi connectivity index (χ0v) is 11.9. The molecule has 2 fully saturated rings. The smallest absolute Gasteiger partial charge is 0.273 e. The number of amides is 1. The van der Waals surface area contributed by atoms with E-state index in [4.69, 9.17) is 0 Å². The molecular formula is C16H18N2O2. The highest BCUT2D eigenvalue weighted by Crippen LogP contribution is 2.68. The maximum atomic E-state index is 12.1. The van der Waals surface area contributed by atoms with Crippen molar-refractivity contribution >= 4 is 11.7 Å². The van der Waals surface area contributed by atoms with E-state index in [1.165, 1.54) is 0 Å². The molecule has 0 aromatic carbocycles. The molecule has 1 aromatic heterocycles. The second-order valence-electron chi connectivity index (χ2n) is 6.24. The van der Waals surface area contributed by atoms with Crippen LogP contribution in [-0.4, -0.2) is 16.7 Å². The molecule has 1 aromatic rings. The van der Waals surface area contributed by atoms with Gasteiger partial charge in [-0.2, -0.15) is 0 Å². The van der Waals surface area contributed by atoms with Gasteiger partial charge in [-0.15, -0.1) is 0 Å². The molecule has 2 aliphatic carbocycles. The number of ketones is 1. The highest BCUT2D eigenvalue weighted by Gasteiger charge is 2.65. The van der Waals surface area contributed by atoms with E-state index >= 15 is 0 Å². The van der Waals surface area contributed by atoms with E-state index in [1.54, 1.807) is 24.4 Å². The third-order valence-electron chi connectivity index (χ3n) is 4.67. The number of allylic oxidation sites excluding steroid dienone is 2. The molecule has 0 spiro atoms. The highest BCUT2D eigenvalue weighted by atomic mass is 16.2. The van der Waals surface area contributed by atoms with Gasteiger partial charge in [-0.05, 0) is 36.3 Å². The number of nitrogens with zero attached hydrogens (tertiary/aromatic N) is 1. The summed E-state index contributed by atoms with van der Waals surface area (Å²) in [4.78, 5) is 28.1. The molecule has 0 bridgehead atoms. The molecule has 2 atom stereocenters. The minimum Gasteiger partial charge on any atom is -0.324 e. The van der Waals surface area contributed by atoms with E-state index < -0.39 is 0 Å². The maximum Gasteiger partial charge on any atom is 0.273 e. The van der Waals surface area contributed by atoms with Crippen molar-refractivity contribution in [2.45, 2.75) is 27.2 Å². The number of fused-ring (bicyclic) bond motifs is 1. The molecule has 104 valence electrons. The van der Waals surface area contributed by atoms with Gasteiger partial charge in [-0.1, -0.05) is 19.9 Å². The lowest BCUT2D eigenvalue weighted by molar-refractivity contribution is -0.115. The van der Waals surface area contributed by atoms with Crippen LogP contribution in [0.1, 0.15) is 37.7 Å². The number of hydrogen-bond donors (Lipinski definition) is 1. The van der Waals surface area contributed by atoms with Gasteiger partial charge < -0.3 is 5.32 Å². The van der Waals surface area contributed by atoms with Gasteiger partial charge in [0.05, 0.1) is 0 Å². The van der Waals surface area contributed by atoms with E-state index in [9.17, 15) is 9.59 Å². The first kappa shape index (κ1) is 13.0. The fraction of sp³-hybridized carbons (Fsp3) is 0.438. The summed E-state index contributed by atoms with van der Waals surface area (Å²) >= 11 is 0. The predicted molar refractivity (Wildman–Crippen MR) is 74.8 cm³/mol. The van der Waals surface area contributed by atoms with Gasteiger partial charge in [0.15, 0.2) is 5.78 Å². The Balaban J connectivity index is 1.82. The van der Waals surface area contributed by atoms with Crippen molar-refractivity contribution in [3.63, 3.8) is 0 Å². The zero-order valence-electron chi connectivity index (χ0n) is 11.9. The van der Waals surface area contributed by atoms with E-state index in [0.29, 0.717) is 29.6 Å². The number of pyridine rings is 1. The van der Waals surface area contributed by atoms with Crippen molar-refractivity contribution in [2.24, 2.45) is 17.3 Å². The van der Waals surface area contributed by atoms with Crippen LogP contribution < -0.4 is 5.32 Å². The molecule has 2 saturated carbocycles. The average molecular weight is 270 g/mol. The Morgan fingerprint density at radius 3 is 2.75 bits per heavy atom. The summed E-state index contributed by atoms with van der Waals surface area (Å²) in [5, 5.41) is 2.82. The van der Waals surface area contributed by atoms with Crippen molar-refractivity contribution in [1.82, 2.24) is 10.3 Å². The summed E-state index contributed by atoms with van der Waals surface area (Å²) in [7, 11) is 0. The van der Waals surface area contributed by atoms with Crippen LogP contribution in [0.25, 0.3) is 0 Å². The van der Waals surface area contributed by atoms with Gasteiger partial charge in [-0.3, -0.25) is 14.6 Å². The average Bonchev–Trinajstić information content (AvgIpc) is 2.78. The largest absolute Gasteiger partial charge is 0.324 e. The number of nitrogens with one attached hydrogen (secondary N) is 1. The minimum atomic E-state index is -0.259. The Morgan fingerprint density at radius 1 is 1.40 bits per heavy atom. The summed E-state index contributed by atoms with van der Waals surface area (Å²) in [6.07, 6.45) is 2.20. The summed E-state index contributed by atoms with van der Waals surface area (Å²) in [5.74, 6) is 0.675. The van der Waals surface area contributed by atoms with Crippen molar-refractivity contribution in [3.8, 4) is 0 Å². The number of carbonyl (C=O) groups excluding carboxylic acids is 2. The van der Waals surface area contributed by atoms with Gasteiger partial charge in [0, 0.05) is 23.9 Å². The number of aromatic nitrogens is 1. The molecule has 4 nitrogen and oxygen atoms in total. The Bertz CT molecular complexity index is 617. The molecule has 1 amide bonds. The van der Waals surface area contributed by atoms with Crippen LogP contribution in [-0.2, 0) is 4.79 Å². The molecule has 3 rings (SSSR count). The van der Waals surface area contributed by atoms with Gasteiger partial charge in [-0.25, -0.2) is 0 Å². The van der Waals surface area contributed by atoms with Gasteiger partial charge >= 0.3 is 0 Å². The Kier molecular flexibility index (Phi) is 2.78. The molecule has 0 unspecified atom stereocenters. The van der Waals surface area contributed by atoms with Crippen molar-refractivity contribution in [3.05, 3.63) is 41.4 Å². The standard InChI is InChI=1S/C16H18N2O2/c1-9(18-15(20)11-6-4-5-7-17-11)13-12(19)8-10-14(13)16(10,2)3/h4-7,10,14H,8H2,1-3H3,(H,18,20)/b13-9-/t10-,14-/m1/s1. The molecule has 20 heavy (non-hydrogen) atoms. The van der Waals surface area contributed by atoms with Crippen LogP contribution in [0.15, 0.2) is 35.7 Å². The highest BCUT2D eigenvalue weighted by molar-refractivity contribution is 6.02. The van der Waals surface area contributed by atoms with Crippen molar-refractivity contribution in [1.29, 1.82) is 0 Å². The Labute approximate surface area is 118 Å². The normalized spacial score (nSPS) is 28.9. The lowest BCUT2D eigenvalue weighted by Gasteiger charge is -2.13. The van der Waals surface area contributed by atoms with Crippen LogP contribution in [0.5, 0.6) is 0 Å². The first-order chi connectivity index (χ1) is 9.43. The van der Waals surface area contributed by atoms with Crippen molar-refractivity contribution in [2.75, 3.05) is 0 Å². The van der Waals surface area contributed by atoms with Crippen LogP contribution in [0.3, 0.4) is 0 Å². The monoisotopic (exact) mass is 270 g/mol. The quantitative estimate of drug-likeness (QED) is 0.839. The van der Waals surface area contributed by atoms with Crippen LogP contribution in [0, 0.1) is 17.3 Å². The lowest BCUT2D eigenvalue weighted by atomic mass is 9.95. The topological polar surface area (TPSA) is 59.1 Å². The molecule has 0 radical (unpaired) electrons. The number of carbonyl (C=O) groups is 2. The van der Waals surface area contributed by atoms with Gasteiger partial charge in [0.1, 0.15) is 5.69 Å². The van der Waals surface area contributed by atoms with E-state index in [-0.39, 0.29) is 17.1 Å². The predicted octanol–water partition coefficient (Wildman–Crippen LogP) is 2.33. The van der Waals surface area contributed by atoms with E-state index in [2.05, 4.69) is 24.1 Å². The summed E-state index contributed by atoms with van der Waals surface area (Å²) < 4.78 is 0. The summed E-state index contributed by atoms with van der Waals surface area (Å²) in [6.45, 7) is 6.18. The van der Waals surface area contributed by atoms with Crippen LogP contribution in [0.2, 0.25) is 0 Å². The molecule has 4 heteroatoms. The number of hydrogen-bond acceptors (Lipinski definition) is 3. The fourth-order valence-corrected chi connectivity index (χ4v) is 3.42. The molecule has 0 aliphatic heterocycles. The molecule has 2 aliphatic rings. The zero-order chi connectivity index (χ0) is 14.5. The lowest BCUT2D eigenvalue weighted by Crippen LogP contribution is -2.25. The van der Waals surface area contributed by atoms with Crippen LogP contribution >= 0.6 is 0 Å². The second kappa shape index (κ2) is 4.27. The van der Waals surface area contributed by atoms with Crippen molar-refractivity contribution < 1.29 is 9.59 Å². The fourth-order valence-electron chi connectivity index (χ4n) is 3.42. The van der Waals surface area contributed by atoms with Gasteiger partial charge in [0.25, 0.3) is 5.91 Å².